The number of hydrogen-bond donors (Lipinski definition) is 0. The standard InChI is InChI=1S/C21H25N5O/c1-24(19-11-16-5-2-3-7-20(16)23-13-19)18-8-10-25(14-18)15-21(27)26-9-4-6-17(26)12-22/h2-3,5,7,11,13,17-18H,4,6,8-10,14-15H2,1H3/t17?,18-/m1/s1. The van der Waals surface area contributed by atoms with E-state index < -0.39 is 0 Å². The van der Waals surface area contributed by atoms with E-state index in [-0.39, 0.29) is 11.9 Å². The SMILES string of the molecule is CN(c1cnc2ccccc2c1)[C@@H]1CCN(CC(=O)N2CCCC2C#N)C1. The van der Waals surface area contributed by atoms with E-state index in [0.29, 0.717) is 12.6 Å². The highest BCUT2D eigenvalue weighted by Crippen LogP contribution is 2.24. The molecule has 0 saturated carbocycles. The lowest BCUT2D eigenvalue weighted by Crippen LogP contribution is -2.42. The molecule has 0 spiro atoms. The highest BCUT2D eigenvalue weighted by atomic mass is 16.2. The first-order chi connectivity index (χ1) is 13.2. The monoisotopic (exact) mass is 363 g/mol. The number of rotatable bonds is 4. The van der Waals surface area contributed by atoms with Crippen LogP contribution in [0.2, 0.25) is 0 Å². The molecule has 2 saturated heterocycles. The number of anilines is 1. The molecule has 2 aliphatic heterocycles. The number of fused-ring (bicyclic) bond motifs is 1. The molecule has 0 radical (unpaired) electrons. The zero-order chi connectivity index (χ0) is 18.8. The lowest BCUT2D eigenvalue weighted by molar-refractivity contribution is -0.132. The Labute approximate surface area is 160 Å². The molecule has 0 N–H and O–H groups in total. The minimum absolute atomic E-state index is 0.0923. The molecule has 2 fully saturated rings. The Morgan fingerprint density at radius 1 is 1.33 bits per heavy atom. The summed E-state index contributed by atoms with van der Waals surface area (Å²) in [4.78, 5) is 23.4. The van der Waals surface area contributed by atoms with Crippen molar-refractivity contribution in [2.24, 2.45) is 0 Å². The Kier molecular flexibility index (Phi) is 4.95. The summed E-state index contributed by atoms with van der Waals surface area (Å²) in [6.07, 6.45) is 4.70. The van der Waals surface area contributed by atoms with Crippen molar-refractivity contribution >= 4 is 22.5 Å². The molecule has 6 heteroatoms. The third-order valence-corrected chi connectivity index (χ3v) is 5.86. The van der Waals surface area contributed by atoms with Gasteiger partial charge in [0.2, 0.25) is 5.91 Å². The lowest BCUT2D eigenvalue weighted by atomic mass is 10.1. The lowest BCUT2D eigenvalue weighted by Gasteiger charge is -2.27. The molecule has 1 aromatic heterocycles. The number of aromatic nitrogens is 1. The van der Waals surface area contributed by atoms with Crippen LogP contribution >= 0.6 is 0 Å². The average Bonchev–Trinajstić information content (AvgIpc) is 3.36. The molecule has 2 aromatic rings. The molecule has 1 unspecified atom stereocenters. The van der Waals surface area contributed by atoms with Crippen LogP contribution in [0.5, 0.6) is 0 Å². The molecule has 1 amide bonds. The highest BCUT2D eigenvalue weighted by Gasteiger charge is 2.32. The van der Waals surface area contributed by atoms with Gasteiger partial charge in [-0.25, -0.2) is 0 Å². The van der Waals surface area contributed by atoms with Crippen molar-refractivity contribution in [1.82, 2.24) is 14.8 Å². The number of nitriles is 1. The topological polar surface area (TPSA) is 63.5 Å². The molecule has 2 atom stereocenters. The molecule has 1 aromatic carbocycles. The van der Waals surface area contributed by atoms with E-state index in [1.54, 1.807) is 4.90 Å². The Balaban J connectivity index is 1.38. The molecule has 2 aliphatic rings. The van der Waals surface area contributed by atoms with Gasteiger partial charge in [0.1, 0.15) is 6.04 Å². The fraction of sp³-hybridized carbons (Fsp3) is 0.476. The fourth-order valence-corrected chi connectivity index (χ4v) is 4.22. The van der Waals surface area contributed by atoms with Crippen LogP contribution in [0.4, 0.5) is 5.69 Å². The van der Waals surface area contributed by atoms with Crippen LogP contribution in [0.3, 0.4) is 0 Å². The second-order valence-electron chi connectivity index (χ2n) is 7.55. The number of nitrogens with zero attached hydrogens (tertiary/aromatic N) is 5. The van der Waals surface area contributed by atoms with Crippen molar-refractivity contribution in [3.8, 4) is 6.07 Å². The van der Waals surface area contributed by atoms with E-state index in [9.17, 15) is 10.1 Å². The summed E-state index contributed by atoms with van der Waals surface area (Å²) in [5.41, 5.74) is 2.11. The van der Waals surface area contributed by atoms with Gasteiger partial charge in [-0.3, -0.25) is 14.7 Å². The van der Waals surface area contributed by atoms with Crippen LogP contribution in [0, 0.1) is 11.3 Å². The summed E-state index contributed by atoms with van der Waals surface area (Å²) in [5, 5.41) is 10.3. The Morgan fingerprint density at radius 2 is 2.19 bits per heavy atom. The normalized spacial score (nSPS) is 22.9. The van der Waals surface area contributed by atoms with Crippen molar-refractivity contribution in [2.45, 2.75) is 31.3 Å². The Morgan fingerprint density at radius 3 is 3.04 bits per heavy atom. The van der Waals surface area contributed by atoms with Crippen molar-refractivity contribution < 1.29 is 4.79 Å². The van der Waals surface area contributed by atoms with Crippen LogP contribution in [-0.4, -0.2) is 66.0 Å². The second kappa shape index (κ2) is 7.53. The maximum absolute atomic E-state index is 12.6. The predicted molar refractivity (Wildman–Crippen MR) is 105 cm³/mol. The van der Waals surface area contributed by atoms with Gasteiger partial charge < -0.3 is 9.80 Å². The summed E-state index contributed by atoms with van der Waals surface area (Å²) < 4.78 is 0. The first kappa shape index (κ1) is 17.7. The van der Waals surface area contributed by atoms with Gasteiger partial charge in [-0.05, 0) is 31.4 Å². The number of likely N-dealkylation sites (N-methyl/N-ethyl adjacent to an activating group) is 1. The van der Waals surface area contributed by atoms with Gasteiger partial charge in [-0.1, -0.05) is 18.2 Å². The van der Waals surface area contributed by atoms with E-state index in [4.69, 9.17) is 0 Å². The first-order valence-electron chi connectivity index (χ1n) is 9.65. The number of carbonyl (C=O) groups is 1. The van der Waals surface area contributed by atoms with Crippen LogP contribution in [-0.2, 0) is 4.79 Å². The van der Waals surface area contributed by atoms with Crippen molar-refractivity contribution in [3.63, 3.8) is 0 Å². The van der Waals surface area contributed by atoms with Crippen LogP contribution < -0.4 is 4.90 Å². The molecule has 6 nitrogen and oxygen atoms in total. The number of para-hydroxylation sites is 1. The molecule has 3 heterocycles. The minimum atomic E-state index is -0.234. The van der Waals surface area contributed by atoms with Crippen LogP contribution in [0.25, 0.3) is 10.9 Å². The number of hydrogen-bond acceptors (Lipinski definition) is 5. The second-order valence-corrected chi connectivity index (χ2v) is 7.55. The van der Waals surface area contributed by atoms with Gasteiger partial charge in [0.25, 0.3) is 0 Å². The molecule has 27 heavy (non-hydrogen) atoms. The Bertz CT molecular complexity index is 876. The zero-order valence-corrected chi connectivity index (χ0v) is 15.7. The summed E-state index contributed by atoms with van der Waals surface area (Å²) in [5.74, 6) is 0.0923. The summed E-state index contributed by atoms with van der Waals surface area (Å²) in [7, 11) is 2.11. The number of pyridine rings is 1. The van der Waals surface area contributed by atoms with Gasteiger partial charge in [0, 0.05) is 38.1 Å². The summed E-state index contributed by atoms with van der Waals surface area (Å²) in [6, 6.07) is 12.7. The largest absolute Gasteiger partial charge is 0.369 e. The van der Waals surface area contributed by atoms with Crippen molar-refractivity contribution in [3.05, 3.63) is 36.5 Å². The molecule has 0 bridgehead atoms. The maximum atomic E-state index is 12.6. The van der Waals surface area contributed by atoms with Crippen LogP contribution in [0.15, 0.2) is 36.5 Å². The molecule has 0 aliphatic carbocycles. The number of amides is 1. The Hall–Kier alpha value is -2.65. The smallest absolute Gasteiger partial charge is 0.237 e. The third kappa shape index (κ3) is 3.60. The highest BCUT2D eigenvalue weighted by molar-refractivity contribution is 5.81. The number of benzene rings is 1. The summed E-state index contributed by atoms with van der Waals surface area (Å²) >= 11 is 0. The third-order valence-electron chi connectivity index (χ3n) is 5.86. The maximum Gasteiger partial charge on any atom is 0.237 e. The van der Waals surface area contributed by atoms with Crippen molar-refractivity contribution in [2.75, 3.05) is 38.1 Å². The predicted octanol–water partition coefficient (Wildman–Crippen LogP) is 2.26. The van der Waals surface area contributed by atoms with E-state index in [1.165, 1.54) is 0 Å². The molecule has 4 rings (SSSR count). The molecule has 140 valence electrons. The van der Waals surface area contributed by atoms with Gasteiger partial charge >= 0.3 is 0 Å². The van der Waals surface area contributed by atoms with Crippen molar-refractivity contribution in [1.29, 1.82) is 5.26 Å². The first-order valence-corrected chi connectivity index (χ1v) is 9.65. The quantitative estimate of drug-likeness (QED) is 0.834. The van der Waals surface area contributed by atoms with E-state index in [2.05, 4.69) is 40.0 Å². The van der Waals surface area contributed by atoms with E-state index >= 15 is 0 Å². The van der Waals surface area contributed by atoms with E-state index in [1.807, 2.05) is 24.4 Å². The van der Waals surface area contributed by atoms with Gasteiger partial charge in [0.15, 0.2) is 0 Å². The molecular formula is C21H25N5O. The summed E-state index contributed by atoms with van der Waals surface area (Å²) in [6.45, 7) is 2.91. The zero-order valence-electron chi connectivity index (χ0n) is 15.7. The van der Waals surface area contributed by atoms with Gasteiger partial charge in [-0.2, -0.15) is 5.26 Å². The van der Waals surface area contributed by atoms with E-state index in [0.717, 1.165) is 55.5 Å². The average molecular weight is 363 g/mol. The fourth-order valence-electron chi connectivity index (χ4n) is 4.22. The number of likely N-dealkylation sites (tertiary alicyclic amines) is 2. The molecular weight excluding hydrogens is 338 g/mol. The minimum Gasteiger partial charge on any atom is -0.369 e. The van der Waals surface area contributed by atoms with Gasteiger partial charge in [-0.15, -0.1) is 0 Å². The van der Waals surface area contributed by atoms with Gasteiger partial charge in [0.05, 0.1) is 30.0 Å². The van der Waals surface area contributed by atoms with Crippen LogP contribution in [0.1, 0.15) is 19.3 Å². The number of carbonyl (C=O) groups excluding carboxylic acids is 1.